The molecule has 3 rings (SSSR count). The Balaban J connectivity index is 2.00. The minimum Gasteiger partial charge on any atom is -0.481 e. The summed E-state index contributed by atoms with van der Waals surface area (Å²) < 4.78 is 2.40. The molecule has 0 amide bonds. The summed E-state index contributed by atoms with van der Waals surface area (Å²) in [6.45, 7) is 0.687. The Bertz CT molecular complexity index is 688. The topological polar surface area (TPSA) is 59.3 Å². The number of fused-ring (bicyclic) bond motifs is 1. The summed E-state index contributed by atoms with van der Waals surface area (Å²) >= 11 is 7.09. The van der Waals surface area contributed by atoms with E-state index < -0.39 is 11.9 Å². The Hall–Kier alpha value is -1.59. The highest BCUT2D eigenvalue weighted by atomic mass is 35.5. The van der Waals surface area contributed by atoms with Crippen LogP contribution in [0, 0.1) is 0 Å². The molecule has 0 saturated heterocycles. The first-order valence-corrected chi connectivity index (χ1v) is 7.49. The standard InChI is InChI=1S/C14H12ClNO3S/c15-12-6-5-11(20-12)13(17)10-4-3-9-8(14(18)19)2-1-7-16(9)10/h3-6,8H,1-2,7H2,(H,18,19). The third-order valence-corrected chi connectivity index (χ3v) is 4.80. The van der Waals surface area contributed by atoms with Crippen LogP contribution in [0.5, 0.6) is 0 Å². The van der Waals surface area contributed by atoms with Gasteiger partial charge in [-0.2, -0.15) is 0 Å². The number of carboxylic acids is 1. The number of ketones is 1. The van der Waals surface area contributed by atoms with Gasteiger partial charge in [-0.25, -0.2) is 0 Å². The van der Waals surface area contributed by atoms with E-state index in [1.807, 2.05) is 4.57 Å². The lowest BCUT2D eigenvalue weighted by atomic mass is 9.96. The van der Waals surface area contributed by atoms with Gasteiger partial charge >= 0.3 is 5.97 Å². The monoisotopic (exact) mass is 309 g/mol. The molecule has 0 bridgehead atoms. The molecule has 0 aliphatic carbocycles. The molecule has 0 aromatic carbocycles. The summed E-state index contributed by atoms with van der Waals surface area (Å²) in [5.74, 6) is -1.45. The molecule has 2 aromatic rings. The lowest BCUT2D eigenvalue weighted by Crippen LogP contribution is -2.23. The molecule has 1 aliphatic rings. The maximum absolute atomic E-state index is 12.5. The molecule has 0 spiro atoms. The molecular formula is C14H12ClNO3S. The molecule has 4 nitrogen and oxygen atoms in total. The maximum Gasteiger partial charge on any atom is 0.312 e. The maximum atomic E-state index is 12.5. The molecule has 6 heteroatoms. The van der Waals surface area contributed by atoms with Gasteiger partial charge in [0.2, 0.25) is 5.78 Å². The van der Waals surface area contributed by atoms with Gasteiger partial charge < -0.3 is 9.67 Å². The zero-order valence-electron chi connectivity index (χ0n) is 10.5. The Kier molecular flexibility index (Phi) is 3.40. The van der Waals surface area contributed by atoms with Gasteiger partial charge in [0.1, 0.15) is 0 Å². The first-order chi connectivity index (χ1) is 9.58. The van der Waals surface area contributed by atoms with Gasteiger partial charge in [-0.15, -0.1) is 11.3 Å². The second kappa shape index (κ2) is 5.07. The van der Waals surface area contributed by atoms with Crippen molar-refractivity contribution in [2.45, 2.75) is 25.3 Å². The van der Waals surface area contributed by atoms with Gasteiger partial charge in [-0.1, -0.05) is 11.6 Å². The van der Waals surface area contributed by atoms with E-state index in [2.05, 4.69) is 0 Å². The third-order valence-electron chi connectivity index (χ3n) is 3.57. The lowest BCUT2D eigenvalue weighted by Gasteiger charge is -2.23. The Morgan fingerprint density at radius 3 is 2.75 bits per heavy atom. The van der Waals surface area contributed by atoms with Crippen molar-refractivity contribution in [1.29, 1.82) is 0 Å². The average molecular weight is 310 g/mol. The van der Waals surface area contributed by atoms with E-state index in [0.29, 0.717) is 27.9 Å². The molecule has 3 heterocycles. The average Bonchev–Trinajstić information content (AvgIpc) is 3.03. The molecule has 20 heavy (non-hydrogen) atoms. The number of halogens is 1. The van der Waals surface area contributed by atoms with Crippen molar-refractivity contribution in [1.82, 2.24) is 4.57 Å². The van der Waals surface area contributed by atoms with E-state index in [-0.39, 0.29) is 5.78 Å². The number of aliphatic carboxylic acids is 1. The second-order valence-corrected chi connectivity index (χ2v) is 6.48. The van der Waals surface area contributed by atoms with Crippen LogP contribution in [0.2, 0.25) is 4.34 Å². The van der Waals surface area contributed by atoms with Crippen LogP contribution in [0.1, 0.15) is 39.8 Å². The molecule has 1 aliphatic heterocycles. The molecule has 0 fully saturated rings. The van der Waals surface area contributed by atoms with E-state index in [1.165, 1.54) is 11.3 Å². The van der Waals surface area contributed by atoms with Crippen LogP contribution in [0.15, 0.2) is 24.3 Å². The number of carboxylic acid groups (broad SMARTS) is 1. The van der Waals surface area contributed by atoms with Crippen LogP contribution < -0.4 is 0 Å². The highest BCUT2D eigenvalue weighted by molar-refractivity contribution is 7.18. The largest absolute Gasteiger partial charge is 0.481 e. The van der Waals surface area contributed by atoms with Crippen molar-refractivity contribution in [2.24, 2.45) is 0 Å². The minimum atomic E-state index is -0.831. The van der Waals surface area contributed by atoms with Gasteiger partial charge in [0.15, 0.2) is 0 Å². The first kappa shape index (κ1) is 13.4. The van der Waals surface area contributed by atoms with Crippen LogP contribution in [0.3, 0.4) is 0 Å². The van der Waals surface area contributed by atoms with Crippen LogP contribution >= 0.6 is 22.9 Å². The van der Waals surface area contributed by atoms with E-state index in [4.69, 9.17) is 11.6 Å². The van der Waals surface area contributed by atoms with E-state index in [9.17, 15) is 14.7 Å². The number of carbonyl (C=O) groups is 2. The predicted octanol–water partition coefficient (Wildman–Crippen LogP) is 3.40. The zero-order chi connectivity index (χ0) is 14.3. The summed E-state index contributed by atoms with van der Waals surface area (Å²) in [7, 11) is 0. The van der Waals surface area contributed by atoms with E-state index in [0.717, 1.165) is 12.1 Å². The summed E-state index contributed by atoms with van der Waals surface area (Å²) in [6, 6.07) is 6.86. The van der Waals surface area contributed by atoms with Crippen molar-refractivity contribution in [3.63, 3.8) is 0 Å². The smallest absolute Gasteiger partial charge is 0.312 e. The number of nitrogens with zero attached hydrogens (tertiary/aromatic N) is 1. The summed E-state index contributed by atoms with van der Waals surface area (Å²) in [5, 5.41) is 9.24. The number of thiophene rings is 1. The Labute approximate surface area is 124 Å². The van der Waals surface area contributed by atoms with E-state index in [1.54, 1.807) is 24.3 Å². The SMILES string of the molecule is O=C(c1ccc(Cl)s1)c1ccc2n1CCCC2C(=O)O. The molecule has 0 saturated carbocycles. The third kappa shape index (κ3) is 2.17. The number of aromatic nitrogens is 1. The lowest BCUT2D eigenvalue weighted by molar-refractivity contribution is -0.139. The summed E-state index contributed by atoms with van der Waals surface area (Å²) in [5.41, 5.74) is 1.26. The number of hydrogen-bond acceptors (Lipinski definition) is 3. The molecule has 104 valence electrons. The van der Waals surface area contributed by atoms with Crippen LogP contribution in [0.4, 0.5) is 0 Å². The van der Waals surface area contributed by atoms with E-state index >= 15 is 0 Å². The Morgan fingerprint density at radius 1 is 1.30 bits per heavy atom. The first-order valence-electron chi connectivity index (χ1n) is 6.30. The number of carbonyl (C=O) groups excluding carboxylic acids is 1. The molecule has 0 radical (unpaired) electrons. The van der Waals surface area contributed by atoms with Crippen LogP contribution in [-0.2, 0) is 11.3 Å². The highest BCUT2D eigenvalue weighted by Crippen LogP contribution is 2.31. The van der Waals surface area contributed by atoms with Crippen molar-refractivity contribution in [2.75, 3.05) is 0 Å². The fourth-order valence-corrected chi connectivity index (χ4v) is 3.64. The fraction of sp³-hybridized carbons (Fsp3) is 0.286. The predicted molar refractivity (Wildman–Crippen MR) is 76.8 cm³/mol. The highest BCUT2D eigenvalue weighted by Gasteiger charge is 2.29. The molecule has 1 atom stereocenters. The fourth-order valence-electron chi connectivity index (χ4n) is 2.65. The van der Waals surface area contributed by atoms with Gasteiger partial charge in [0.25, 0.3) is 0 Å². The quantitative estimate of drug-likeness (QED) is 0.884. The van der Waals surface area contributed by atoms with Crippen LogP contribution in [-0.4, -0.2) is 21.4 Å². The van der Waals surface area contributed by atoms with Crippen LogP contribution in [0.25, 0.3) is 0 Å². The number of rotatable bonds is 3. The normalized spacial score (nSPS) is 17.8. The zero-order valence-corrected chi connectivity index (χ0v) is 12.1. The van der Waals surface area contributed by atoms with Crippen molar-refractivity contribution >= 4 is 34.7 Å². The molecular weight excluding hydrogens is 298 g/mol. The Morgan fingerprint density at radius 2 is 2.10 bits per heavy atom. The van der Waals surface area contributed by atoms with Crippen molar-refractivity contribution in [3.05, 3.63) is 44.9 Å². The molecule has 1 unspecified atom stereocenters. The van der Waals surface area contributed by atoms with Crippen molar-refractivity contribution in [3.8, 4) is 0 Å². The molecule has 1 N–H and O–H groups in total. The van der Waals surface area contributed by atoms with Gasteiger partial charge in [-0.05, 0) is 37.1 Å². The second-order valence-electron chi connectivity index (χ2n) is 4.76. The summed E-state index contributed by atoms with van der Waals surface area (Å²) in [6.07, 6.45) is 1.39. The van der Waals surface area contributed by atoms with Gasteiger partial charge in [0, 0.05) is 12.2 Å². The minimum absolute atomic E-state index is 0.0980. The number of hydrogen-bond donors (Lipinski definition) is 1. The molecule has 2 aromatic heterocycles. The van der Waals surface area contributed by atoms with Gasteiger partial charge in [-0.3, -0.25) is 9.59 Å². The van der Waals surface area contributed by atoms with Gasteiger partial charge in [0.05, 0.1) is 20.8 Å². The summed E-state index contributed by atoms with van der Waals surface area (Å²) in [4.78, 5) is 24.3. The van der Waals surface area contributed by atoms with Crippen molar-refractivity contribution < 1.29 is 14.7 Å².